The number of H-pyrrole nitrogens is 1. The molecule has 2 N–H and O–H groups in total. The summed E-state index contributed by atoms with van der Waals surface area (Å²) in [5.41, 5.74) is 1.14. The summed E-state index contributed by atoms with van der Waals surface area (Å²) >= 11 is 5.24. The SMILES string of the molecule is O=C(NCc1n[nH]c(=S)n1C1CC1)[C@H]1C[C@@H]1c1cccnc1. The van der Waals surface area contributed by atoms with Crippen LogP contribution in [0.3, 0.4) is 0 Å². The first-order valence-electron chi connectivity index (χ1n) is 7.57. The Kier molecular flexibility index (Phi) is 3.29. The Hall–Kier alpha value is -2.02. The monoisotopic (exact) mass is 315 g/mol. The van der Waals surface area contributed by atoms with Crippen molar-refractivity contribution in [3.63, 3.8) is 0 Å². The first-order valence-corrected chi connectivity index (χ1v) is 7.98. The Morgan fingerprint density at radius 3 is 3.09 bits per heavy atom. The highest BCUT2D eigenvalue weighted by atomic mass is 32.1. The Labute approximate surface area is 133 Å². The lowest BCUT2D eigenvalue weighted by Gasteiger charge is -2.07. The number of hydrogen-bond acceptors (Lipinski definition) is 4. The number of amides is 1. The van der Waals surface area contributed by atoms with Crippen LogP contribution in [0.2, 0.25) is 0 Å². The first-order chi connectivity index (χ1) is 10.7. The smallest absolute Gasteiger partial charge is 0.224 e. The fourth-order valence-corrected chi connectivity index (χ4v) is 3.22. The molecule has 22 heavy (non-hydrogen) atoms. The van der Waals surface area contributed by atoms with Crippen LogP contribution < -0.4 is 5.32 Å². The van der Waals surface area contributed by atoms with Gasteiger partial charge in [0.15, 0.2) is 10.6 Å². The van der Waals surface area contributed by atoms with Crippen LogP contribution >= 0.6 is 12.2 Å². The molecule has 2 aliphatic carbocycles. The molecule has 0 spiro atoms. The number of aromatic amines is 1. The minimum absolute atomic E-state index is 0.0560. The van der Waals surface area contributed by atoms with Gasteiger partial charge in [0.2, 0.25) is 5.91 Å². The van der Waals surface area contributed by atoms with Crippen LogP contribution in [0.25, 0.3) is 0 Å². The molecule has 0 bridgehead atoms. The molecule has 0 saturated heterocycles. The van der Waals surface area contributed by atoms with Crippen LogP contribution in [0, 0.1) is 10.7 Å². The van der Waals surface area contributed by atoms with Gasteiger partial charge in [-0.3, -0.25) is 19.4 Å². The normalized spacial score (nSPS) is 23.3. The number of carbonyl (C=O) groups excluding carboxylic acids is 1. The molecule has 0 aromatic carbocycles. The molecule has 0 radical (unpaired) electrons. The van der Waals surface area contributed by atoms with Crippen molar-refractivity contribution in [1.29, 1.82) is 0 Å². The minimum atomic E-state index is 0.0560. The highest BCUT2D eigenvalue weighted by molar-refractivity contribution is 7.71. The average molecular weight is 315 g/mol. The van der Waals surface area contributed by atoms with Gasteiger partial charge in [-0.05, 0) is 49.0 Å². The van der Waals surface area contributed by atoms with Crippen LogP contribution in [-0.4, -0.2) is 25.7 Å². The van der Waals surface area contributed by atoms with Crippen molar-refractivity contribution >= 4 is 18.1 Å². The largest absolute Gasteiger partial charge is 0.349 e. The van der Waals surface area contributed by atoms with Crippen molar-refractivity contribution in [1.82, 2.24) is 25.1 Å². The highest BCUT2D eigenvalue weighted by Gasteiger charge is 2.44. The van der Waals surface area contributed by atoms with Crippen molar-refractivity contribution in [2.75, 3.05) is 0 Å². The number of hydrogen-bond donors (Lipinski definition) is 2. The lowest BCUT2D eigenvalue weighted by Crippen LogP contribution is -2.26. The maximum absolute atomic E-state index is 12.3. The Morgan fingerprint density at radius 1 is 1.50 bits per heavy atom. The Balaban J connectivity index is 1.37. The molecule has 2 aromatic rings. The molecule has 6 nitrogen and oxygen atoms in total. The van der Waals surface area contributed by atoms with E-state index in [-0.39, 0.29) is 11.8 Å². The maximum atomic E-state index is 12.3. The molecule has 0 unspecified atom stereocenters. The zero-order chi connectivity index (χ0) is 15.1. The second-order valence-electron chi connectivity index (χ2n) is 6.00. The highest BCUT2D eigenvalue weighted by Crippen LogP contribution is 2.47. The van der Waals surface area contributed by atoms with E-state index in [2.05, 4.69) is 20.5 Å². The molecule has 2 aliphatic rings. The molecule has 4 rings (SSSR count). The summed E-state index contributed by atoms with van der Waals surface area (Å²) < 4.78 is 2.67. The van der Waals surface area contributed by atoms with Crippen LogP contribution in [0.15, 0.2) is 24.5 Å². The summed E-state index contributed by atoms with van der Waals surface area (Å²) in [7, 11) is 0. The molecular formula is C15H17N5OS. The van der Waals surface area contributed by atoms with E-state index in [0.717, 1.165) is 30.7 Å². The van der Waals surface area contributed by atoms with Crippen LogP contribution in [0.1, 0.15) is 42.6 Å². The molecule has 2 atom stereocenters. The molecule has 2 aromatic heterocycles. The fourth-order valence-electron chi connectivity index (χ4n) is 2.92. The minimum Gasteiger partial charge on any atom is -0.349 e. The molecule has 7 heteroatoms. The van der Waals surface area contributed by atoms with Crippen LogP contribution in [-0.2, 0) is 11.3 Å². The lowest BCUT2D eigenvalue weighted by molar-refractivity contribution is -0.122. The molecule has 114 valence electrons. The second-order valence-corrected chi connectivity index (χ2v) is 6.39. The van der Waals surface area contributed by atoms with Crippen molar-refractivity contribution < 1.29 is 4.79 Å². The third kappa shape index (κ3) is 2.56. The van der Waals surface area contributed by atoms with E-state index in [1.165, 1.54) is 0 Å². The van der Waals surface area contributed by atoms with Gasteiger partial charge in [-0.1, -0.05) is 6.07 Å². The third-order valence-corrected chi connectivity index (χ3v) is 4.64. The van der Waals surface area contributed by atoms with Gasteiger partial charge in [0.05, 0.1) is 6.54 Å². The number of rotatable bonds is 5. The third-order valence-electron chi connectivity index (χ3n) is 4.35. The van der Waals surface area contributed by atoms with Gasteiger partial charge in [-0.15, -0.1) is 0 Å². The van der Waals surface area contributed by atoms with Crippen LogP contribution in [0.5, 0.6) is 0 Å². The number of aromatic nitrogens is 4. The average Bonchev–Trinajstić information content (AvgIpc) is 3.44. The van der Waals surface area contributed by atoms with E-state index >= 15 is 0 Å². The van der Waals surface area contributed by atoms with Gasteiger partial charge < -0.3 is 5.32 Å². The van der Waals surface area contributed by atoms with E-state index in [4.69, 9.17) is 12.2 Å². The Bertz CT molecular complexity index is 749. The lowest BCUT2D eigenvalue weighted by atomic mass is 10.1. The topological polar surface area (TPSA) is 75.6 Å². The van der Waals surface area contributed by atoms with E-state index in [9.17, 15) is 4.79 Å². The predicted octanol–water partition coefficient (Wildman–Crippen LogP) is 2.09. The van der Waals surface area contributed by atoms with Gasteiger partial charge in [0, 0.05) is 24.4 Å². The molecule has 2 heterocycles. The zero-order valence-corrected chi connectivity index (χ0v) is 12.8. The van der Waals surface area contributed by atoms with Gasteiger partial charge in [-0.2, -0.15) is 5.10 Å². The van der Waals surface area contributed by atoms with Crippen molar-refractivity contribution in [3.05, 3.63) is 40.7 Å². The molecular weight excluding hydrogens is 298 g/mol. The number of pyridine rings is 1. The van der Waals surface area contributed by atoms with Gasteiger partial charge in [0.1, 0.15) is 0 Å². The van der Waals surface area contributed by atoms with Gasteiger partial charge in [-0.25, -0.2) is 0 Å². The van der Waals surface area contributed by atoms with Crippen molar-refractivity contribution in [3.8, 4) is 0 Å². The van der Waals surface area contributed by atoms with Crippen LogP contribution in [0.4, 0.5) is 0 Å². The molecule has 2 saturated carbocycles. The molecule has 1 amide bonds. The summed E-state index contributed by atoms with van der Waals surface area (Å²) in [6.07, 6.45) is 6.77. The summed E-state index contributed by atoms with van der Waals surface area (Å²) in [6, 6.07) is 4.40. The summed E-state index contributed by atoms with van der Waals surface area (Å²) in [5, 5.41) is 10.0. The van der Waals surface area contributed by atoms with Crippen molar-refractivity contribution in [2.24, 2.45) is 5.92 Å². The van der Waals surface area contributed by atoms with E-state index < -0.39 is 0 Å². The summed E-state index contributed by atoms with van der Waals surface area (Å²) in [6.45, 7) is 0.429. The Morgan fingerprint density at radius 2 is 2.36 bits per heavy atom. The number of carbonyl (C=O) groups is 1. The standard InChI is InChI=1S/C15H17N5OS/c21-14(12-6-11(12)9-2-1-5-16-7-9)17-8-13-18-19-15(22)20(13)10-3-4-10/h1-2,5,7,10-12H,3-4,6,8H2,(H,17,21)(H,19,22)/t11-,12+/m1/s1. The number of nitrogens with zero attached hydrogens (tertiary/aromatic N) is 3. The molecule has 2 fully saturated rings. The van der Waals surface area contributed by atoms with E-state index in [1.807, 2.05) is 22.9 Å². The molecule has 0 aliphatic heterocycles. The zero-order valence-electron chi connectivity index (χ0n) is 12.0. The number of nitrogens with one attached hydrogen (secondary N) is 2. The predicted molar refractivity (Wildman–Crippen MR) is 82.6 cm³/mol. The van der Waals surface area contributed by atoms with Crippen molar-refractivity contribution in [2.45, 2.75) is 37.8 Å². The summed E-state index contributed by atoms with van der Waals surface area (Å²) in [5.74, 6) is 1.27. The first kappa shape index (κ1) is 13.6. The second kappa shape index (κ2) is 5.31. The van der Waals surface area contributed by atoms with Gasteiger partial charge in [0.25, 0.3) is 0 Å². The summed E-state index contributed by atoms with van der Waals surface area (Å²) in [4.78, 5) is 16.4. The van der Waals surface area contributed by atoms with E-state index in [0.29, 0.717) is 23.3 Å². The van der Waals surface area contributed by atoms with E-state index in [1.54, 1.807) is 6.20 Å². The quantitative estimate of drug-likeness (QED) is 0.829. The fraction of sp³-hybridized carbons (Fsp3) is 0.467. The van der Waals surface area contributed by atoms with Gasteiger partial charge >= 0.3 is 0 Å². The maximum Gasteiger partial charge on any atom is 0.224 e.